The third kappa shape index (κ3) is 5.43. The van der Waals surface area contributed by atoms with Crippen LogP contribution in [0.5, 0.6) is 0 Å². The summed E-state index contributed by atoms with van der Waals surface area (Å²) in [6, 6.07) is 1.79. The Balaban J connectivity index is 2.41. The van der Waals surface area contributed by atoms with Gasteiger partial charge in [-0.15, -0.1) is 0 Å². The van der Waals surface area contributed by atoms with Crippen molar-refractivity contribution in [1.82, 2.24) is 15.1 Å². The van der Waals surface area contributed by atoms with Gasteiger partial charge in [0.05, 0.1) is 5.69 Å². The lowest BCUT2D eigenvalue weighted by Gasteiger charge is -2.04. The summed E-state index contributed by atoms with van der Waals surface area (Å²) in [6.45, 7) is 8.75. The molecular weight excluding hydrogens is 250 g/mol. The molecule has 0 aliphatic heterocycles. The molecule has 4 heteroatoms. The van der Waals surface area contributed by atoms with Crippen LogP contribution in [-0.2, 0) is 7.05 Å². The lowest BCUT2D eigenvalue weighted by atomic mass is 10.1. The van der Waals surface area contributed by atoms with E-state index in [1.807, 2.05) is 6.92 Å². The summed E-state index contributed by atoms with van der Waals surface area (Å²) in [6.07, 6.45) is 6.39. The molecule has 0 atom stereocenters. The predicted octanol–water partition coefficient (Wildman–Crippen LogP) is 3.15. The van der Waals surface area contributed by atoms with Gasteiger partial charge in [0.1, 0.15) is 5.69 Å². The molecule has 110 valence electrons. The van der Waals surface area contributed by atoms with Crippen molar-refractivity contribution in [3.05, 3.63) is 40.8 Å². The minimum absolute atomic E-state index is 0.0820. The zero-order chi connectivity index (χ0) is 15.1. The Kier molecular flexibility index (Phi) is 6.22. The SMILES string of the molecule is CC(C)=CCCC(C)=CCNC(=O)c1cc(C)nn1C. The molecule has 0 aliphatic carbocycles. The van der Waals surface area contributed by atoms with Gasteiger partial charge in [-0.3, -0.25) is 9.48 Å². The minimum Gasteiger partial charge on any atom is -0.347 e. The fraction of sp³-hybridized carbons (Fsp3) is 0.500. The number of amides is 1. The minimum atomic E-state index is -0.0820. The molecule has 1 aromatic rings. The van der Waals surface area contributed by atoms with Crippen molar-refractivity contribution in [2.75, 3.05) is 6.54 Å². The Morgan fingerprint density at radius 2 is 2.05 bits per heavy atom. The van der Waals surface area contributed by atoms with E-state index in [0.717, 1.165) is 18.5 Å². The van der Waals surface area contributed by atoms with E-state index in [-0.39, 0.29) is 5.91 Å². The molecule has 1 amide bonds. The van der Waals surface area contributed by atoms with Crippen LogP contribution in [0.1, 0.15) is 49.8 Å². The summed E-state index contributed by atoms with van der Waals surface area (Å²) < 4.78 is 1.61. The van der Waals surface area contributed by atoms with Crippen LogP contribution in [0.3, 0.4) is 0 Å². The number of aromatic nitrogens is 2. The summed E-state index contributed by atoms with van der Waals surface area (Å²) in [4.78, 5) is 12.0. The number of hydrogen-bond donors (Lipinski definition) is 1. The third-order valence-corrected chi connectivity index (χ3v) is 3.04. The lowest BCUT2D eigenvalue weighted by molar-refractivity contribution is 0.0948. The first-order valence-electron chi connectivity index (χ1n) is 6.98. The van der Waals surface area contributed by atoms with Gasteiger partial charge in [0.2, 0.25) is 0 Å². The second-order valence-corrected chi connectivity index (χ2v) is 5.38. The van der Waals surface area contributed by atoms with Gasteiger partial charge in [-0.05, 0) is 46.6 Å². The van der Waals surface area contributed by atoms with Crippen LogP contribution in [0.25, 0.3) is 0 Å². The highest BCUT2D eigenvalue weighted by Gasteiger charge is 2.10. The Bertz CT molecular complexity index is 520. The van der Waals surface area contributed by atoms with E-state index in [1.165, 1.54) is 11.1 Å². The normalized spacial score (nSPS) is 11.3. The van der Waals surface area contributed by atoms with E-state index in [9.17, 15) is 4.79 Å². The molecule has 0 saturated heterocycles. The van der Waals surface area contributed by atoms with E-state index < -0.39 is 0 Å². The molecule has 0 fully saturated rings. The van der Waals surface area contributed by atoms with Crippen molar-refractivity contribution in [2.24, 2.45) is 7.05 Å². The summed E-state index contributed by atoms with van der Waals surface area (Å²) in [5, 5.41) is 7.06. The first kappa shape index (κ1) is 16.2. The van der Waals surface area contributed by atoms with Crippen LogP contribution >= 0.6 is 0 Å². The largest absolute Gasteiger partial charge is 0.347 e. The fourth-order valence-corrected chi connectivity index (χ4v) is 1.92. The Hall–Kier alpha value is -1.84. The third-order valence-electron chi connectivity index (χ3n) is 3.04. The monoisotopic (exact) mass is 275 g/mol. The Labute approximate surface area is 121 Å². The van der Waals surface area contributed by atoms with Crippen LogP contribution in [0.2, 0.25) is 0 Å². The van der Waals surface area contributed by atoms with E-state index in [4.69, 9.17) is 0 Å². The molecule has 4 nitrogen and oxygen atoms in total. The highest BCUT2D eigenvalue weighted by Crippen LogP contribution is 2.06. The molecule has 0 aromatic carbocycles. The van der Waals surface area contributed by atoms with E-state index in [1.54, 1.807) is 17.8 Å². The van der Waals surface area contributed by atoms with Gasteiger partial charge >= 0.3 is 0 Å². The van der Waals surface area contributed by atoms with E-state index >= 15 is 0 Å². The highest BCUT2D eigenvalue weighted by atomic mass is 16.2. The van der Waals surface area contributed by atoms with Gasteiger partial charge in [-0.1, -0.05) is 23.3 Å². The molecule has 1 aromatic heterocycles. The smallest absolute Gasteiger partial charge is 0.269 e. The van der Waals surface area contributed by atoms with Crippen LogP contribution in [0.15, 0.2) is 29.4 Å². The molecule has 0 bridgehead atoms. The molecule has 1 N–H and O–H groups in total. The number of aryl methyl sites for hydroxylation is 2. The molecule has 1 heterocycles. The van der Waals surface area contributed by atoms with Crippen LogP contribution in [-0.4, -0.2) is 22.2 Å². The Morgan fingerprint density at radius 3 is 2.60 bits per heavy atom. The van der Waals surface area contributed by atoms with Crippen molar-refractivity contribution in [2.45, 2.75) is 40.5 Å². The maximum absolute atomic E-state index is 12.0. The first-order chi connectivity index (χ1) is 9.40. The van der Waals surface area contributed by atoms with Crippen molar-refractivity contribution in [3.8, 4) is 0 Å². The first-order valence-corrected chi connectivity index (χ1v) is 6.98. The van der Waals surface area contributed by atoms with Gasteiger partial charge < -0.3 is 5.32 Å². The van der Waals surface area contributed by atoms with Crippen LogP contribution in [0.4, 0.5) is 0 Å². The zero-order valence-corrected chi connectivity index (χ0v) is 13.2. The van der Waals surface area contributed by atoms with Gasteiger partial charge in [-0.2, -0.15) is 5.10 Å². The molecule has 0 spiro atoms. The standard InChI is InChI=1S/C16H25N3O/c1-12(2)7-6-8-13(3)9-10-17-16(20)15-11-14(4)18-19(15)5/h7,9,11H,6,8,10H2,1-5H3,(H,17,20). The topological polar surface area (TPSA) is 46.9 Å². The predicted molar refractivity (Wildman–Crippen MR) is 82.7 cm³/mol. The number of allylic oxidation sites excluding steroid dienone is 3. The second-order valence-electron chi connectivity index (χ2n) is 5.38. The van der Waals surface area contributed by atoms with Crippen molar-refractivity contribution in [1.29, 1.82) is 0 Å². The number of carbonyl (C=O) groups is 1. The number of rotatable bonds is 6. The summed E-state index contributed by atoms with van der Waals surface area (Å²) in [7, 11) is 1.78. The van der Waals surface area contributed by atoms with Crippen molar-refractivity contribution < 1.29 is 4.79 Å². The van der Waals surface area contributed by atoms with Crippen molar-refractivity contribution >= 4 is 5.91 Å². The molecule has 0 radical (unpaired) electrons. The van der Waals surface area contributed by atoms with Gasteiger partial charge in [0.15, 0.2) is 0 Å². The molecule has 1 rings (SSSR count). The van der Waals surface area contributed by atoms with Crippen LogP contribution in [0, 0.1) is 6.92 Å². The maximum atomic E-state index is 12.0. The molecule has 20 heavy (non-hydrogen) atoms. The molecule has 0 aliphatic rings. The summed E-state index contributed by atoms with van der Waals surface area (Å²) >= 11 is 0. The van der Waals surface area contributed by atoms with Crippen LogP contribution < -0.4 is 5.32 Å². The van der Waals surface area contributed by atoms with Gasteiger partial charge in [0, 0.05) is 13.6 Å². The highest BCUT2D eigenvalue weighted by molar-refractivity contribution is 5.92. The summed E-state index contributed by atoms with van der Waals surface area (Å²) in [5.41, 5.74) is 4.09. The number of nitrogens with zero attached hydrogens (tertiary/aromatic N) is 2. The quantitative estimate of drug-likeness (QED) is 0.811. The van der Waals surface area contributed by atoms with Gasteiger partial charge in [-0.25, -0.2) is 0 Å². The molecule has 0 saturated carbocycles. The lowest BCUT2D eigenvalue weighted by Crippen LogP contribution is -2.25. The number of hydrogen-bond acceptors (Lipinski definition) is 2. The average molecular weight is 275 g/mol. The second kappa shape index (κ2) is 7.68. The van der Waals surface area contributed by atoms with E-state index in [2.05, 4.69) is 43.3 Å². The Morgan fingerprint density at radius 1 is 1.35 bits per heavy atom. The van der Waals surface area contributed by atoms with E-state index in [0.29, 0.717) is 12.2 Å². The fourth-order valence-electron chi connectivity index (χ4n) is 1.92. The number of nitrogens with one attached hydrogen (secondary N) is 1. The molecular formula is C16H25N3O. The summed E-state index contributed by atoms with van der Waals surface area (Å²) in [5.74, 6) is -0.0820. The average Bonchev–Trinajstić information content (AvgIpc) is 2.68. The van der Waals surface area contributed by atoms with Crippen molar-refractivity contribution in [3.63, 3.8) is 0 Å². The zero-order valence-electron chi connectivity index (χ0n) is 13.2. The molecule has 0 unspecified atom stereocenters. The maximum Gasteiger partial charge on any atom is 0.269 e. The number of carbonyl (C=O) groups excluding carboxylic acids is 1. The van der Waals surface area contributed by atoms with Gasteiger partial charge in [0.25, 0.3) is 5.91 Å².